The van der Waals surface area contributed by atoms with Crippen molar-refractivity contribution in [3.05, 3.63) is 212 Å². The molecule has 0 unspecified atom stereocenters. The van der Waals surface area contributed by atoms with Crippen LogP contribution in [0.5, 0.6) is 0 Å². The predicted molar refractivity (Wildman–Crippen MR) is 318 cm³/mol. The molecular formula is C62H66Cl6N4O6. The van der Waals surface area contributed by atoms with Gasteiger partial charge in [-0.3, -0.25) is 0 Å². The van der Waals surface area contributed by atoms with Gasteiger partial charge < -0.3 is 29.7 Å². The van der Waals surface area contributed by atoms with Gasteiger partial charge in [0, 0.05) is 36.9 Å². The highest BCUT2D eigenvalue weighted by atomic mass is 35.5. The zero-order chi connectivity index (χ0) is 55.9. The van der Waals surface area contributed by atoms with Crippen LogP contribution in [-0.2, 0) is 14.2 Å². The van der Waals surface area contributed by atoms with E-state index in [1.807, 2.05) is 126 Å². The number of methoxy groups -OCH3 is 2. The van der Waals surface area contributed by atoms with Crippen LogP contribution in [0.3, 0.4) is 0 Å². The predicted octanol–water partition coefficient (Wildman–Crippen LogP) is 17.9. The zero-order valence-electron chi connectivity index (χ0n) is 44.2. The number of nitrogens with one attached hydrogen (secondary N) is 2. The molecule has 412 valence electrons. The van der Waals surface area contributed by atoms with E-state index in [9.17, 15) is 14.4 Å². The summed E-state index contributed by atoms with van der Waals surface area (Å²) >= 11 is 36.8. The van der Waals surface area contributed by atoms with E-state index in [4.69, 9.17) is 90.4 Å². The van der Waals surface area contributed by atoms with E-state index in [0.29, 0.717) is 65.3 Å². The first kappa shape index (κ1) is 61.9. The molecule has 6 atom stereocenters. The molecule has 0 saturated carbocycles. The number of halogens is 6. The second-order valence-corrected chi connectivity index (χ2v) is 22.7. The quantitative estimate of drug-likeness (QED) is 0.0881. The number of benzene rings is 6. The number of fused-ring (bicyclic) bond motifs is 3. The number of carbonyl (C=O) groups is 3. The van der Waals surface area contributed by atoms with Crippen LogP contribution in [0.15, 0.2) is 109 Å². The lowest BCUT2D eigenvalue weighted by atomic mass is 9.76. The fourth-order valence-corrected chi connectivity index (χ4v) is 11.6. The molecule has 1 amide bonds. The van der Waals surface area contributed by atoms with Crippen LogP contribution in [0.1, 0.15) is 173 Å². The topological polar surface area (TPSA) is 111 Å². The molecule has 0 bridgehead atoms. The first-order chi connectivity index (χ1) is 36.7. The van der Waals surface area contributed by atoms with Gasteiger partial charge in [-0.05, 0) is 184 Å². The average molecular weight is 1180 g/mol. The number of nitrogens with zero attached hydrogens (tertiary/aromatic N) is 2. The Labute approximate surface area is 489 Å². The van der Waals surface area contributed by atoms with E-state index in [2.05, 4.69) is 21.5 Å². The molecule has 16 heteroatoms. The van der Waals surface area contributed by atoms with E-state index in [1.54, 1.807) is 24.1 Å². The standard InChI is InChI=1S/C24H27Cl2NO4.C19H19Cl2NO2.C18H16Cl2N2.CH4/c1-24(2,3)31-23(29)27(4)21-11-9-16(14-7-10-19(25)20(26)13-14)17-8-6-15(12-18(17)21)22(28)30-5;1-22-18-8-6-13(11-4-7-16(20)17(21)10-11)14-5-3-12(9-15(14)18)19(23)24-2;1-21-12-4-5-14-13(6-8-18(22-2)15(14)10-12)11-3-7-16(19)17(20)9-11;/h6-8,10,12-13,16,21H,9,11H2,1-5H3;3-5,7,9-10,13,18,22H,6,8H2,1-2H3;3-5,7,9-10,13,18,22H,6,8H2,2H3;1H4/t16-,21-;2*13-,18-;/m000./s1. The third-order valence-corrected chi connectivity index (χ3v) is 16.8. The van der Waals surface area contributed by atoms with Crippen molar-refractivity contribution in [2.24, 2.45) is 0 Å². The molecule has 3 aliphatic rings. The van der Waals surface area contributed by atoms with Crippen LogP contribution in [0.2, 0.25) is 30.1 Å². The van der Waals surface area contributed by atoms with Gasteiger partial charge in [-0.2, -0.15) is 0 Å². The van der Waals surface area contributed by atoms with Crippen LogP contribution < -0.4 is 10.6 Å². The van der Waals surface area contributed by atoms with Crippen LogP contribution in [0.25, 0.3) is 4.85 Å². The van der Waals surface area contributed by atoms with Crippen molar-refractivity contribution in [3.63, 3.8) is 0 Å². The third kappa shape index (κ3) is 14.3. The fourth-order valence-electron chi connectivity index (χ4n) is 10.7. The molecule has 0 spiro atoms. The van der Waals surface area contributed by atoms with Crippen LogP contribution in [0, 0.1) is 6.57 Å². The molecule has 6 aromatic rings. The van der Waals surface area contributed by atoms with Crippen molar-refractivity contribution in [2.75, 3.05) is 35.4 Å². The molecule has 0 saturated heterocycles. The minimum absolute atomic E-state index is 0. The van der Waals surface area contributed by atoms with Crippen LogP contribution in [-0.4, -0.2) is 63.9 Å². The van der Waals surface area contributed by atoms with E-state index in [0.717, 1.165) is 59.9 Å². The molecule has 0 aromatic heterocycles. The Morgan fingerprint density at radius 2 is 0.910 bits per heavy atom. The number of hydrogen-bond acceptors (Lipinski definition) is 8. The van der Waals surface area contributed by atoms with Crippen LogP contribution in [0.4, 0.5) is 10.5 Å². The van der Waals surface area contributed by atoms with Gasteiger partial charge in [-0.1, -0.05) is 126 Å². The molecule has 0 heterocycles. The largest absolute Gasteiger partial charge is 0.465 e. The van der Waals surface area contributed by atoms with Gasteiger partial charge in [0.15, 0.2) is 5.69 Å². The molecule has 0 fully saturated rings. The lowest BCUT2D eigenvalue weighted by Crippen LogP contribution is -2.38. The van der Waals surface area contributed by atoms with Gasteiger partial charge in [0.1, 0.15) is 5.60 Å². The van der Waals surface area contributed by atoms with Crippen molar-refractivity contribution < 1.29 is 28.6 Å². The van der Waals surface area contributed by atoms with E-state index >= 15 is 0 Å². The SMILES string of the molecule is C.CN[C@H]1CC[C@@H](c2ccc(Cl)c(Cl)c2)c2ccc(C(=O)OC)cc21.COC(=O)c1ccc2c(c1)[C@@H](N(C)C(=O)OC(C)(C)C)CC[C@H]2c1ccc(Cl)c(Cl)c1.[C-]#[N+]c1ccc2c(c1)[C@@H](NC)CC[C@H]2c1ccc(Cl)c(Cl)c1. The van der Waals surface area contributed by atoms with Gasteiger partial charge in [-0.15, -0.1) is 0 Å². The van der Waals surface area contributed by atoms with Crippen molar-refractivity contribution in [1.29, 1.82) is 0 Å². The summed E-state index contributed by atoms with van der Waals surface area (Å²) in [5.74, 6) is -0.123. The minimum Gasteiger partial charge on any atom is -0.465 e. The normalized spacial score (nSPS) is 19.0. The van der Waals surface area contributed by atoms with Gasteiger partial charge in [0.2, 0.25) is 0 Å². The maximum atomic E-state index is 12.8. The molecule has 0 aliphatic heterocycles. The van der Waals surface area contributed by atoms with Gasteiger partial charge in [0.25, 0.3) is 0 Å². The highest BCUT2D eigenvalue weighted by Gasteiger charge is 2.36. The number of esters is 2. The summed E-state index contributed by atoms with van der Waals surface area (Å²) in [5.41, 5.74) is 11.3. The average Bonchev–Trinajstić information content (AvgIpc) is 3.62. The Balaban J connectivity index is 0.000000191. The first-order valence-corrected chi connectivity index (χ1v) is 27.6. The van der Waals surface area contributed by atoms with E-state index in [1.165, 1.54) is 36.5 Å². The number of hydrogen-bond donors (Lipinski definition) is 2. The zero-order valence-corrected chi connectivity index (χ0v) is 48.7. The highest BCUT2D eigenvalue weighted by molar-refractivity contribution is 6.43. The Morgan fingerprint density at radius 3 is 1.29 bits per heavy atom. The molecule has 6 aromatic carbocycles. The fraction of sp³-hybridized carbons (Fsp3) is 0.355. The number of amides is 1. The van der Waals surface area contributed by atoms with Crippen LogP contribution >= 0.6 is 69.6 Å². The molecule has 2 N–H and O–H groups in total. The summed E-state index contributed by atoms with van der Waals surface area (Å²) < 4.78 is 15.3. The summed E-state index contributed by atoms with van der Waals surface area (Å²) in [6.45, 7) is 12.7. The lowest BCUT2D eigenvalue weighted by Gasteiger charge is -2.37. The van der Waals surface area contributed by atoms with Crippen molar-refractivity contribution in [2.45, 2.75) is 108 Å². The van der Waals surface area contributed by atoms with Gasteiger partial charge in [0.05, 0.1) is 68.1 Å². The van der Waals surface area contributed by atoms with Gasteiger partial charge in [-0.25, -0.2) is 19.2 Å². The summed E-state index contributed by atoms with van der Waals surface area (Å²) in [7, 11) is 8.39. The lowest BCUT2D eigenvalue weighted by molar-refractivity contribution is 0.0202. The molecule has 9 rings (SSSR count). The van der Waals surface area contributed by atoms with Crippen molar-refractivity contribution in [3.8, 4) is 0 Å². The Bertz CT molecular complexity index is 3190. The Morgan fingerprint density at radius 1 is 0.526 bits per heavy atom. The maximum Gasteiger partial charge on any atom is 0.410 e. The minimum atomic E-state index is -0.598. The summed E-state index contributed by atoms with van der Waals surface area (Å²) in [6.07, 6.45) is 5.19. The smallest absolute Gasteiger partial charge is 0.410 e. The van der Waals surface area contributed by atoms with Crippen molar-refractivity contribution in [1.82, 2.24) is 15.5 Å². The molecule has 10 nitrogen and oxygen atoms in total. The first-order valence-electron chi connectivity index (χ1n) is 25.3. The Hall–Kier alpha value is -5.32. The highest BCUT2D eigenvalue weighted by Crippen LogP contribution is 2.47. The monoisotopic (exact) mass is 1170 g/mol. The van der Waals surface area contributed by atoms with E-state index in [-0.39, 0.29) is 37.3 Å². The molecular weight excluding hydrogens is 1110 g/mol. The second-order valence-electron chi connectivity index (χ2n) is 20.3. The Kier molecular flexibility index (Phi) is 21.6. The number of carbonyl (C=O) groups excluding carboxylic acids is 3. The summed E-state index contributed by atoms with van der Waals surface area (Å²) in [5, 5.41) is 10.00. The van der Waals surface area contributed by atoms with E-state index < -0.39 is 17.7 Å². The maximum absolute atomic E-state index is 12.8. The molecule has 3 aliphatic carbocycles. The van der Waals surface area contributed by atoms with Gasteiger partial charge >= 0.3 is 18.0 Å². The molecule has 0 radical (unpaired) electrons. The summed E-state index contributed by atoms with van der Waals surface area (Å²) in [6, 6.07) is 34.9. The third-order valence-electron chi connectivity index (χ3n) is 14.6. The number of ether oxygens (including phenoxy) is 3. The second kappa shape index (κ2) is 27.2. The number of rotatable bonds is 8. The molecule has 78 heavy (non-hydrogen) atoms. The summed E-state index contributed by atoms with van der Waals surface area (Å²) in [4.78, 5) is 41.9. The van der Waals surface area contributed by atoms with Crippen molar-refractivity contribution >= 4 is 93.3 Å².